The zero-order valence-corrected chi connectivity index (χ0v) is 15.9. The molecule has 2 atom stereocenters. The predicted molar refractivity (Wildman–Crippen MR) is 107 cm³/mol. The average molecular weight is 392 g/mol. The van der Waals surface area contributed by atoms with Crippen molar-refractivity contribution in [2.24, 2.45) is 4.99 Å². The number of carbonyl (C=O) groups excluding carboxylic acids is 1. The minimum absolute atomic E-state index is 0.00827. The van der Waals surface area contributed by atoms with Crippen LogP contribution in [0.1, 0.15) is 23.6 Å². The summed E-state index contributed by atoms with van der Waals surface area (Å²) in [7, 11) is 0. The SMILES string of the molecule is O=C(CCS)N(CCl)C1SC(c2cccnc2)=NC1c1ccccc1. The normalized spacial score (nSPS) is 19.5. The summed E-state index contributed by atoms with van der Waals surface area (Å²) in [6.07, 6.45) is 3.88. The maximum atomic E-state index is 12.5. The van der Waals surface area contributed by atoms with Crippen molar-refractivity contribution in [3.63, 3.8) is 0 Å². The van der Waals surface area contributed by atoms with Crippen molar-refractivity contribution < 1.29 is 4.79 Å². The number of thiol groups is 1. The van der Waals surface area contributed by atoms with E-state index in [1.165, 1.54) is 0 Å². The molecule has 2 unspecified atom stereocenters. The molecule has 0 saturated heterocycles. The van der Waals surface area contributed by atoms with Crippen molar-refractivity contribution in [1.82, 2.24) is 9.88 Å². The van der Waals surface area contributed by atoms with E-state index < -0.39 is 0 Å². The first kappa shape index (κ1) is 18.3. The molecule has 1 amide bonds. The van der Waals surface area contributed by atoms with Crippen molar-refractivity contribution in [2.75, 3.05) is 11.8 Å². The van der Waals surface area contributed by atoms with Gasteiger partial charge in [-0.15, -0.1) is 11.6 Å². The van der Waals surface area contributed by atoms with Crippen LogP contribution < -0.4 is 0 Å². The summed E-state index contributed by atoms with van der Waals surface area (Å²) < 4.78 is 0. The van der Waals surface area contributed by atoms with Crippen molar-refractivity contribution in [3.8, 4) is 0 Å². The molecule has 0 spiro atoms. The molecular weight excluding hydrogens is 374 g/mol. The van der Waals surface area contributed by atoms with Crippen LogP contribution in [0.2, 0.25) is 0 Å². The highest BCUT2D eigenvalue weighted by atomic mass is 35.5. The van der Waals surface area contributed by atoms with Gasteiger partial charge in [0.1, 0.15) is 16.5 Å². The number of carbonyl (C=O) groups is 1. The highest BCUT2D eigenvalue weighted by Crippen LogP contribution is 2.41. The number of rotatable bonds is 6. The molecule has 0 aliphatic carbocycles. The van der Waals surface area contributed by atoms with E-state index in [1.807, 2.05) is 42.5 Å². The van der Waals surface area contributed by atoms with Gasteiger partial charge in [0.15, 0.2) is 0 Å². The summed E-state index contributed by atoms with van der Waals surface area (Å²) >= 11 is 11.9. The fraction of sp³-hybridized carbons (Fsp3) is 0.278. The number of aliphatic imine (C=N–C) groups is 1. The number of halogens is 1. The second kappa shape index (κ2) is 8.74. The van der Waals surface area contributed by atoms with Crippen LogP contribution in [0.4, 0.5) is 0 Å². The quantitative estimate of drug-likeness (QED) is 0.460. The number of pyridine rings is 1. The fourth-order valence-corrected chi connectivity index (χ4v) is 4.55. The minimum atomic E-state index is -0.178. The van der Waals surface area contributed by atoms with E-state index in [4.69, 9.17) is 16.6 Å². The van der Waals surface area contributed by atoms with Gasteiger partial charge < -0.3 is 4.90 Å². The summed E-state index contributed by atoms with van der Waals surface area (Å²) in [5, 5.41) is 0.697. The predicted octanol–water partition coefficient (Wildman–Crippen LogP) is 3.99. The Morgan fingerprint density at radius 1 is 1.24 bits per heavy atom. The third-order valence-electron chi connectivity index (χ3n) is 3.89. The van der Waals surface area contributed by atoms with Gasteiger partial charge >= 0.3 is 0 Å². The molecule has 25 heavy (non-hydrogen) atoms. The molecule has 0 radical (unpaired) electrons. The second-order valence-electron chi connectivity index (χ2n) is 5.50. The van der Waals surface area contributed by atoms with Gasteiger partial charge in [-0.2, -0.15) is 12.6 Å². The number of thioether (sulfide) groups is 1. The molecule has 130 valence electrons. The van der Waals surface area contributed by atoms with E-state index in [0.29, 0.717) is 12.2 Å². The second-order valence-corrected chi connectivity index (χ2v) is 7.29. The van der Waals surface area contributed by atoms with Crippen LogP contribution in [-0.4, -0.2) is 38.0 Å². The van der Waals surface area contributed by atoms with Crippen LogP contribution in [0.5, 0.6) is 0 Å². The van der Waals surface area contributed by atoms with E-state index in [0.717, 1.165) is 16.2 Å². The Morgan fingerprint density at radius 2 is 2.04 bits per heavy atom. The molecule has 2 heterocycles. The van der Waals surface area contributed by atoms with Gasteiger partial charge in [-0.3, -0.25) is 14.8 Å². The Kier molecular flexibility index (Phi) is 6.39. The number of alkyl halides is 1. The van der Waals surface area contributed by atoms with Gasteiger partial charge in [0.2, 0.25) is 5.91 Å². The number of benzene rings is 1. The minimum Gasteiger partial charge on any atom is -0.314 e. The smallest absolute Gasteiger partial charge is 0.225 e. The molecule has 0 N–H and O–H groups in total. The Morgan fingerprint density at radius 3 is 2.68 bits per heavy atom. The van der Waals surface area contributed by atoms with E-state index in [-0.39, 0.29) is 23.3 Å². The largest absolute Gasteiger partial charge is 0.314 e. The zero-order chi connectivity index (χ0) is 17.6. The van der Waals surface area contributed by atoms with Crippen molar-refractivity contribution in [2.45, 2.75) is 17.8 Å². The Bertz CT molecular complexity index is 743. The molecule has 1 aliphatic heterocycles. The maximum absolute atomic E-state index is 12.5. The summed E-state index contributed by atoms with van der Waals surface area (Å²) in [6, 6.07) is 13.8. The first-order valence-electron chi connectivity index (χ1n) is 7.90. The van der Waals surface area contributed by atoms with Crippen LogP contribution in [0.15, 0.2) is 59.9 Å². The van der Waals surface area contributed by atoms with Crippen LogP contribution >= 0.6 is 36.0 Å². The molecule has 0 saturated carbocycles. The number of hydrogen-bond acceptors (Lipinski definition) is 5. The van der Waals surface area contributed by atoms with Gasteiger partial charge in [-0.05, 0) is 23.4 Å². The monoisotopic (exact) mass is 391 g/mol. The molecule has 0 bridgehead atoms. The van der Waals surface area contributed by atoms with Gasteiger partial charge in [0, 0.05) is 24.4 Å². The summed E-state index contributed by atoms with van der Waals surface area (Å²) in [5.41, 5.74) is 2.01. The number of aromatic nitrogens is 1. The standard InChI is InChI=1S/C18H18ClN3OS2/c19-12-22(15(23)8-10-24)18-16(13-5-2-1-3-6-13)21-17(25-18)14-7-4-9-20-11-14/h1-7,9,11,16,18,24H,8,10,12H2. The molecule has 1 aromatic carbocycles. The number of amides is 1. The van der Waals surface area contributed by atoms with E-state index in [1.54, 1.807) is 29.1 Å². The molecular formula is C18H18ClN3OS2. The first-order chi connectivity index (χ1) is 12.2. The molecule has 4 nitrogen and oxygen atoms in total. The van der Waals surface area contributed by atoms with E-state index in [2.05, 4.69) is 17.6 Å². The summed E-state index contributed by atoms with van der Waals surface area (Å²) in [6.45, 7) is 0. The Hall–Kier alpha value is -1.50. The lowest BCUT2D eigenvalue weighted by Gasteiger charge is -2.29. The van der Waals surface area contributed by atoms with Crippen LogP contribution in [0.3, 0.4) is 0 Å². The number of hydrogen-bond donors (Lipinski definition) is 1. The van der Waals surface area contributed by atoms with Crippen LogP contribution in [0.25, 0.3) is 0 Å². The highest BCUT2D eigenvalue weighted by Gasteiger charge is 2.38. The van der Waals surface area contributed by atoms with Gasteiger partial charge in [-0.1, -0.05) is 42.1 Å². The third kappa shape index (κ3) is 4.19. The molecule has 3 rings (SSSR count). The third-order valence-corrected chi connectivity index (χ3v) is 5.69. The molecule has 1 aliphatic rings. The van der Waals surface area contributed by atoms with Crippen molar-refractivity contribution >= 4 is 46.9 Å². The molecule has 2 aromatic rings. The first-order valence-corrected chi connectivity index (χ1v) is 9.95. The Balaban J connectivity index is 1.95. The lowest BCUT2D eigenvalue weighted by atomic mass is 10.1. The molecule has 1 aromatic heterocycles. The van der Waals surface area contributed by atoms with E-state index >= 15 is 0 Å². The highest BCUT2D eigenvalue weighted by molar-refractivity contribution is 8.15. The maximum Gasteiger partial charge on any atom is 0.225 e. The summed E-state index contributed by atoms with van der Waals surface area (Å²) in [5.74, 6) is 0.488. The van der Waals surface area contributed by atoms with E-state index in [9.17, 15) is 4.79 Å². The Labute approximate surface area is 162 Å². The average Bonchev–Trinajstić information content (AvgIpc) is 3.09. The number of nitrogens with zero attached hydrogens (tertiary/aromatic N) is 3. The van der Waals surface area contributed by atoms with Gasteiger partial charge in [-0.25, -0.2) is 0 Å². The molecule has 0 fully saturated rings. The van der Waals surface area contributed by atoms with Crippen LogP contribution in [-0.2, 0) is 4.79 Å². The van der Waals surface area contributed by atoms with Gasteiger partial charge in [0.25, 0.3) is 0 Å². The van der Waals surface area contributed by atoms with Gasteiger partial charge in [0.05, 0.1) is 6.00 Å². The van der Waals surface area contributed by atoms with Crippen LogP contribution in [0, 0.1) is 0 Å². The zero-order valence-electron chi connectivity index (χ0n) is 13.5. The topological polar surface area (TPSA) is 45.6 Å². The summed E-state index contributed by atoms with van der Waals surface area (Å²) in [4.78, 5) is 23.2. The molecule has 7 heteroatoms. The van der Waals surface area contributed by atoms with Crippen molar-refractivity contribution in [3.05, 3.63) is 66.0 Å². The van der Waals surface area contributed by atoms with Crippen molar-refractivity contribution in [1.29, 1.82) is 0 Å². The fourth-order valence-electron chi connectivity index (χ4n) is 2.67. The lowest BCUT2D eigenvalue weighted by molar-refractivity contribution is -0.130. The lowest BCUT2D eigenvalue weighted by Crippen LogP contribution is -2.39.